The van der Waals surface area contributed by atoms with Crippen molar-refractivity contribution in [2.45, 2.75) is 257 Å². The maximum absolute atomic E-state index is 13.1. The van der Waals surface area contributed by atoms with Gasteiger partial charge in [-0.15, -0.1) is 0 Å². The first-order valence-electron chi connectivity index (χ1n) is 25.7. The van der Waals surface area contributed by atoms with Gasteiger partial charge in [0.15, 0.2) is 0 Å². The standard InChI is InChI=1S/C55H97NO5/c1-4-7-10-13-16-18-20-22-24-26-27-28-30-32-34-36-39-42-45-48-55(60)61-51(46-43-40-37-15-12-9-6-3)49-54(59)56-52(50-57)53(58)47-44-41-38-35-33-31-29-25-23-21-19-17-14-11-8-5-2/h7,10,16,18,22,24,27-28,32,34,39,42,51-53,57-58H,4-6,8-9,11-15,17,19-21,23,25-26,29-31,33,35-38,40-41,43-50H2,1-3H3,(H,56,59)/b10-7-,18-16-,24-22-,28-27-,34-32-,42-39-. The van der Waals surface area contributed by atoms with Crippen molar-refractivity contribution < 1.29 is 24.5 Å². The minimum atomic E-state index is -0.800. The predicted molar refractivity (Wildman–Crippen MR) is 264 cm³/mol. The number of esters is 1. The van der Waals surface area contributed by atoms with Crippen LogP contribution in [0.5, 0.6) is 0 Å². The average Bonchev–Trinajstić information content (AvgIpc) is 3.25. The maximum atomic E-state index is 13.1. The molecule has 3 unspecified atom stereocenters. The summed E-state index contributed by atoms with van der Waals surface area (Å²) >= 11 is 0. The van der Waals surface area contributed by atoms with Crippen molar-refractivity contribution in [3.05, 3.63) is 72.9 Å². The van der Waals surface area contributed by atoms with Gasteiger partial charge >= 0.3 is 5.97 Å². The molecule has 0 aromatic carbocycles. The van der Waals surface area contributed by atoms with E-state index in [0.29, 0.717) is 19.3 Å². The highest BCUT2D eigenvalue weighted by Crippen LogP contribution is 2.17. The second kappa shape index (κ2) is 48.3. The van der Waals surface area contributed by atoms with Gasteiger partial charge in [-0.1, -0.05) is 235 Å². The number of carbonyl (C=O) groups excluding carboxylic acids is 2. The van der Waals surface area contributed by atoms with Crippen molar-refractivity contribution in [3.63, 3.8) is 0 Å². The molecule has 3 atom stereocenters. The average molecular weight is 852 g/mol. The van der Waals surface area contributed by atoms with Crippen molar-refractivity contribution >= 4 is 11.9 Å². The molecule has 0 saturated heterocycles. The van der Waals surface area contributed by atoms with Gasteiger partial charge in [0.1, 0.15) is 6.10 Å². The van der Waals surface area contributed by atoms with E-state index in [-0.39, 0.29) is 31.3 Å². The predicted octanol–water partition coefficient (Wildman–Crippen LogP) is 15.4. The normalized spacial score (nSPS) is 13.9. The molecule has 0 spiro atoms. The third-order valence-electron chi connectivity index (χ3n) is 11.3. The molecule has 6 nitrogen and oxygen atoms in total. The van der Waals surface area contributed by atoms with E-state index >= 15 is 0 Å². The number of allylic oxidation sites excluding steroid dienone is 12. The van der Waals surface area contributed by atoms with Gasteiger partial charge in [0.05, 0.1) is 25.2 Å². The Hall–Kier alpha value is -2.70. The van der Waals surface area contributed by atoms with Crippen LogP contribution in [0.2, 0.25) is 0 Å². The number of nitrogens with one attached hydrogen (secondary N) is 1. The Morgan fingerprint density at radius 1 is 0.492 bits per heavy atom. The smallest absolute Gasteiger partial charge is 0.306 e. The summed E-state index contributed by atoms with van der Waals surface area (Å²) in [5, 5.41) is 23.7. The zero-order valence-electron chi connectivity index (χ0n) is 40.0. The molecule has 6 heteroatoms. The van der Waals surface area contributed by atoms with Crippen LogP contribution in [0.1, 0.15) is 239 Å². The van der Waals surface area contributed by atoms with Gasteiger partial charge in [0, 0.05) is 6.42 Å². The van der Waals surface area contributed by atoms with Gasteiger partial charge in [0.25, 0.3) is 0 Å². The molecule has 0 aromatic heterocycles. The Labute approximate surface area is 377 Å². The summed E-state index contributed by atoms with van der Waals surface area (Å²) in [6, 6.07) is -0.716. The van der Waals surface area contributed by atoms with Crippen LogP contribution in [-0.4, -0.2) is 46.9 Å². The molecule has 0 rings (SSSR count). The van der Waals surface area contributed by atoms with E-state index < -0.39 is 18.2 Å². The molecule has 1 amide bonds. The van der Waals surface area contributed by atoms with Gasteiger partial charge in [0.2, 0.25) is 5.91 Å². The molecule has 3 N–H and O–H groups in total. The summed E-state index contributed by atoms with van der Waals surface area (Å²) < 4.78 is 5.85. The van der Waals surface area contributed by atoms with E-state index in [0.717, 1.165) is 77.0 Å². The number of carbonyl (C=O) groups is 2. The summed E-state index contributed by atoms with van der Waals surface area (Å²) in [5.74, 6) is -0.578. The number of aliphatic hydroxyl groups is 2. The van der Waals surface area contributed by atoms with Crippen LogP contribution < -0.4 is 5.32 Å². The number of unbranched alkanes of at least 4 members (excludes halogenated alkanes) is 21. The van der Waals surface area contributed by atoms with Crippen molar-refractivity contribution in [2.75, 3.05) is 6.61 Å². The first-order valence-corrected chi connectivity index (χ1v) is 25.7. The van der Waals surface area contributed by atoms with E-state index in [1.165, 1.54) is 109 Å². The highest BCUT2D eigenvalue weighted by atomic mass is 16.5. The number of hydrogen-bond acceptors (Lipinski definition) is 5. The Balaban J connectivity index is 4.46. The monoisotopic (exact) mass is 852 g/mol. The molecule has 0 heterocycles. The maximum Gasteiger partial charge on any atom is 0.306 e. The Bertz CT molecular complexity index is 1140. The van der Waals surface area contributed by atoms with Gasteiger partial charge in [-0.05, 0) is 64.2 Å². The summed E-state index contributed by atoms with van der Waals surface area (Å²) in [7, 11) is 0. The van der Waals surface area contributed by atoms with Crippen LogP contribution in [0.15, 0.2) is 72.9 Å². The largest absolute Gasteiger partial charge is 0.462 e. The second-order valence-corrected chi connectivity index (χ2v) is 17.2. The molecule has 0 aliphatic carbocycles. The summed E-state index contributed by atoms with van der Waals surface area (Å²) in [6.45, 7) is 6.32. The van der Waals surface area contributed by atoms with Crippen molar-refractivity contribution in [1.82, 2.24) is 5.32 Å². The number of ether oxygens (including phenoxy) is 1. The minimum absolute atomic E-state index is 0.0454. The van der Waals surface area contributed by atoms with Crippen molar-refractivity contribution in [1.29, 1.82) is 0 Å². The van der Waals surface area contributed by atoms with Crippen molar-refractivity contribution in [2.24, 2.45) is 0 Å². The third kappa shape index (κ3) is 43.7. The highest BCUT2D eigenvalue weighted by Gasteiger charge is 2.24. The molecular weight excluding hydrogens is 755 g/mol. The number of aliphatic hydroxyl groups excluding tert-OH is 2. The lowest BCUT2D eigenvalue weighted by Crippen LogP contribution is -2.46. The van der Waals surface area contributed by atoms with E-state index in [2.05, 4.69) is 92.9 Å². The van der Waals surface area contributed by atoms with Crippen LogP contribution in [0.25, 0.3) is 0 Å². The molecule has 352 valence electrons. The SMILES string of the molecule is CC/C=C\C/C=C\C/C=C\C/C=C\C/C=C\C/C=C\CCC(=O)OC(CCCCCCCCC)CC(=O)NC(CO)C(O)CCCCCCCCCCCCCCCCCC. The first-order chi connectivity index (χ1) is 30.0. The Kier molecular flexibility index (Phi) is 46.2. The fraction of sp³-hybridized carbons (Fsp3) is 0.745. The van der Waals surface area contributed by atoms with E-state index in [4.69, 9.17) is 4.74 Å². The van der Waals surface area contributed by atoms with Gasteiger partial charge in [-0.25, -0.2) is 0 Å². The highest BCUT2D eigenvalue weighted by molar-refractivity contribution is 5.77. The number of amides is 1. The fourth-order valence-corrected chi connectivity index (χ4v) is 7.46. The minimum Gasteiger partial charge on any atom is -0.462 e. The molecule has 0 fully saturated rings. The Morgan fingerprint density at radius 2 is 0.852 bits per heavy atom. The van der Waals surface area contributed by atoms with E-state index in [1.54, 1.807) is 0 Å². The molecule has 0 radical (unpaired) electrons. The topological polar surface area (TPSA) is 95.9 Å². The lowest BCUT2D eigenvalue weighted by molar-refractivity contribution is -0.150. The lowest BCUT2D eigenvalue weighted by Gasteiger charge is -2.24. The van der Waals surface area contributed by atoms with Crippen LogP contribution in [0.3, 0.4) is 0 Å². The van der Waals surface area contributed by atoms with Gasteiger partial charge in [-0.2, -0.15) is 0 Å². The molecule has 0 saturated carbocycles. The van der Waals surface area contributed by atoms with Crippen LogP contribution >= 0.6 is 0 Å². The number of hydrogen-bond donors (Lipinski definition) is 3. The molecule has 0 bridgehead atoms. The zero-order valence-corrected chi connectivity index (χ0v) is 40.0. The third-order valence-corrected chi connectivity index (χ3v) is 11.3. The van der Waals surface area contributed by atoms with Gasteiger partial charge in [-0.3, -0.25) is 9.59 Å². The molecular formula is C55H97NO5. The molecule has 0 aromatic rings. The van der Waals surface area contributed by atoms with E-state index in [1.807, 2.05) is 6.08 Å². The number of rotatable bonds is 45. The molecule has 0 aliphatic heterocycles. The van der Waals surface area contributed by atoms with E-state index in [9.17, 15) is 19.8 Å². The molecule has 61 heavy (non-hydrogen) atoms. The lowest BCUT2D eigenvalue weighted by atomic mass is 10.0. The van der Waals surface area contributed by atoms with Crippen LogP contribution in [0.4, 0.5) is 0 Å². The quantitative estimate of drug-likeness (QED) is 0.0322. The van der Waals surface area contributed by atoms with Crippen LogP contribution in [0, 0.1) is 0 Å². The zero-order chi connectivity index (χ0) is 44.5. The van der Waals surface area contributed by atoms with Crippen LogP contribution in [-0.2, 0) is 14.3 Å². The summed E-state index contributed by atoms with van der Waals surface area (Å²) in [4.78, 5) is 26.0. The second-order valence-electron chi connectivity index (χ2n) is 17.2. The summed E-state index contributed by atoms with van der Waals surface area (Å²) in [5.41, 5.74) is 0. The van der Waals surface area contributed by atoms with Gasteiger partial charge < -0.3 is 20.3 Å². The Morgan fingerprint density at radius 3 is 1.25 bits per heavy atom. The van der Waals surface area contributed by atoms with Crippen molar-refractivity contribution in [3.8, 4) is 0 Å². The molecule has 0 aliphatic rings. The first kappa shape index (κ1) is 58.3. The fourth-order valence-electron chi connectivity index (χ4n) is 7.46. The summed E-state index contributed by atoms with van der Waals surface area (Å²) in [6.07, 6.45) is 61.3.